The molecule has 2 rings (SSSR count). The van der Waals surface area contributed by atoms with Gasteiger partial charge in [0.05, 0.1) is 0 Å². The summed E-state index contributed by atoms with van der Waals surface area (Å²) in [6, 6.07) is 0. The van der Waals surface area contributed by atoms with E-state index in [0.29, 0.717) is 32.3 Å². The molecule has 4 nitrogen and oxygen atoms in total. The number of aliphatic hydroxyl groups is 2. The predicted molar refractivity (Wildman–Crippen MR) is 62.7 cm³/mol. The fourth-order valence-corrected chi connectivity index (χ4v) is 3.01. The lowest BCUT2D eigenvalue weighted by Crippen LogP contribution is -2.69. The van der Waals surface area contributed by atoms with Crippen molar-refractivity contribution in [3.8, 4) is 0 Å². The van der Waals surface area contributed by atoms with E-state index in [-0.39, 0.29) is 12.4 Å². The molecule has 2 N–H and O–H groups in total. The molecule has 1 spiro atoms. The summed E-state index contributed by atoms with van der Waals surface area (Å²) in [5, 5.41) is 19.2. The monoisotopic (exact) mass is 242 g/mol. The number of carbonyl (C=O) groups excluding carboxylic acids is 1. The summed E-state index contributed by atoms with van der Waals surface area (Å²) < 4.78 is 5.72. The van der Waals surface area contributed by atoms with Crippen LogP contribution in [-0.4, -0.2) is 40.4 Å². The third-order valence-corrected chi connectivity index (χ3v) is 4.27. The highest BCUT2D eigenvalue weighted by atomic mass is 16.5. The minimum Gasteiger partial charge on any atom is -0.396 e. The molecule has 1 aliphatic heterocycles. The molecule has 1 saturated heterocycles. The first-order valence-corrected chi connectivity index (χ1v) is 6.65. The predicted octanol–water partition coefficient (Wildman–Crippen LogP) is 1.18. The van der Waals surface area contributed by atoms with Gasteiger partial charge in [0.25, 0.3) is 0 Å². The van der Waals surface area contributed by atoms with E-state index in [2.05, 4.69) is 0 Å². The number of rotatable bonds is 5. The number of hydrogen-bond donors (Lipinski definition) is 2. The molecule has 0 aromatic heterocycles. The van der Waals surface area contributed by atoms with Crippen LogP contribution in [0.25, 0.3) is 0 Å². The zero-order valence-corrected chi connectivity index (χ0v) is 10.3. The second kappa shape index (κ2) is 5.04. The highest BCUT2D eigenvalue weighted by Gasteiger charge is 2.63. The maximum absolute atomic E-state index is 12.1. The van der Waals surface area contributed by atoms with Gasteiger partial charge in [0.1, 0.15) is 5.60 Å². The van der Waals surface area contributed by atoms with Crippen LogP contribution in [0, 0.1) is 0 Å². The van der Waals surface area contributed by atoms with Crippen molar-refractivity contribution < 1.29 is 19.7 Å². The van der Waals surface area contributed by atoms with Gasteiger partial charge in [-0.05, 0) is 44.9 Å². The Kier molecular flexibility index (Phi) is 3.85. The normalized spacial score (nSPS) is 36.8. The Balaban J connectivity index is 1.95. The largest absolute Gasteiger partial charge is 0.396 e. The molecule has 0 bridgehead atoms. The van der Waals surface area contributed by atoms with Crippen LogP contribution in [0.5, 0.6) is 0 Å². The van der Waals surface area contributed by atoms with Gasteiger partial charge < -0.3 is 14.9 Å². The number of carbonyl (C=O) groups is 1. The van der Waals surface area contributed by atoms with Crippen molar-refractivity contribution in [2.45, 2.75) is 62.6 Å². The van der Waals surface area contributed by atoms with E-state index in [1.807, 2.05) is 0 Å². The highest BCUT2D eigenvalue weighted by Crippen LogP contribution is 2.51. The molecule has 1 aliphatic carbocycles. The van der Waals surface area contributed by atoms with E-state index in [9.17, 15) is 9.90 Å². The minimum atomic E-state index is -1.25. The van der Waals surface area contributed by atoms with Gasteiger partial charge in [0.2, 0.25) is 0 Å². The number of ketones is 1. The average Bonchev–Trinajstić information content (AvgIpc) is 2.37. The van der Waals surface area contributed by atoms with Gasteiger partial charge in [0.15, 0.2) is 11.4 Å². The third-order valence-electron chi connectivity index (χ3n) is 4.27. The molecule has 2 fully saturated rings. The minimum absolute atomic E-state index is 0.0981. The van der Waals surface area contributed by atoms with E-state index in [0.717, 1.165) is 25.7 Å². The summed E-state index contributed by atoms with van der Waals surface area (Å²) in [4.78, 5) is 12.1. The lowest BCUT2D eigenvalue weighted by Gasteiger charge is -2.56. The van der Waals surface area contributed by atoms with E-state index < -0.39 is 11.2 Å². The van der Waals surface area contributed by atoms with E-state index in [1.54, 1.807) is 0 Å². The maximum Gasteiger partial charge on any atom is 0.167 e. The SMILES string of the molecule is O=C(CCCCO)[C@@]1(O)CC[C@@]12CCCCO2. The number of hydrogen-bond acceptors (Lipinski definition) is 4. The molecule has 4 heteroatoms. The van der Waals surface area contributed by atoms with Crippen molar-refractivity contribution in [3.05, 3.63) is 0 Å². The standard InChI is InChI=1S/C13H22O4/c14-9-3-1-5-11(15)13(16)8-7-12(13)6-2-4-10-17-12/h14,16H,1-10H2/t12-,13-/m0/s1. The van der Waals surface area contributed by atoms with Gasteiger partial charge >= 0.3 is 0 Å². The van der Waals surface area contributed by atoms with Crippen molar-refractivity contribution in [2.24, 2.45) is 0 Å². The van der Waals surface area contributed by atoms with Crippen LogP contribution >= 0.6 is 0 Å². The van der Waals surface area contributed by atoms with Crippen molar-refractivity contribution in [1.29, 1.82) is 0 Å². The Hall–Kier alpha value is -0.450. The third kappa shape index (κ3) is 2.14. The number of unbranched alkanes of at least 4 members (excludes halogenated alkanes) is 1. The summed E-state index contributed by atoms with van der Waals surface area (Å²) >= 11 is 0. The van der Waals surface area contributed by atoms with Crippen molar-refractivity contribution in [2.75, 3.05) is 13.2 Å². The van der Waals surface area contributed by atoms with Crippen LogP contribution in [0.1, 0.15) is 51.4 Å². The molecular weight excluding hydrogens is 220 g/mol. The molecule has 2 aliphatic rings. The molecule has 1 saturated carbocycles. The zero-order valence-electron chi connectivity index (χ0n) is 10.3. The van der Waals surface area contributed by atoms with Crippen molar-refractivity contribution >= 4 is 5.78 Å². The van der Waals surface area contributed by atoms with Crippen LogP contribution in [0.3, 0.4) is 0 Å². The van der Waals surface area contributed by atoms with Crippen LogP contribution in [0.2, 0.25) is 0 Å². The van der Waals surface area contributed by atoms with Crippen LogP contribution in [0.15, 0.2) is 0 Å². The first-order valence-electron chi connectivity index (χ1n) is 6.65. The zero-order chi connectivity index (χ0) is 12.4. The summed E-state index contributed by atoms with van der Waals surface area (Å²) in [6.07, 6.45) is 5.81. The Morgan fingerprint density at radius 2 is 2.00 bits per heavy atom. The van der Waals surface area contributed by atoms with Crippen LogP contribution < -0.4 is 0 Å². The molecule has 1 heterocycles. The van der Waals surface area contributed by atoms with Gasteiger partial charge in [-0.3, -0.25) is 4.79 Å². The molecule has 17 heavy (non-hydrogen) atoms. The van der Waals surface area contributed by atoms with E-state index in [4.69, 9.17) is 9.84 Å². The van der Waals surface area contributed by atoms with Gasteiger partial charge in [-0.25, -0.2) is 0 Å². The molecule has 0 aromatic carbocycles. The Morgan fingerprint density at radius 3 is 2.53 bits per heavy atom. The van der Waals surface area contributed by atoms with Crippen LogP contribution in [0.4, 0.5) is 0 Å². The quantitative estimate of drug-likeness (QED) is 0.710. The first-order chi connectivity index (χ1) is 8.15. The Morgan fingerprint density at radius 1 is 1.18 bits per heavy atom. The average molecular weight is 242 g/mol. The van der Waals surface area contributed by atoms with E-state index >= 15 is 0 Å². The fourth-order valence-electron chi connectivity index (χ4n) is 3.01. The molecule has 0 aromatic rings. The number of ether oxygens (including phenoxy) is 1. The van der Waals surface area contributed by atoms with Gasteiger partial charge in [0, 0.05) is 19.6 Å². The lowest BCUT2D eigenvalue weighted by atomic mass is 9.59. The summed E-state index contributed by atoms with van der Waals surface area (Å²) in [6.45, 7) is 0.763. The molecule has 98 valence electrons. The summed E-state index contributed by atoms with van der Waals surface area (Å²) in [5.74, 6) is -0.0981. The molecule has 2 atom stereocenters. The first kappa shape index (κ1) is 13.0. The number of Topliss-reactive ketones (excluding diaryl/α,β-unsaturated/α-hetero) is 1. The second-order valence-corrected chi connectivity index (χ2v) is 5.26. The molecule has 0 amide bonds. The van der Waals surface area contributed by atoms with Gasteiger partial charge in [-0.1, -0.05) is 0 Å². The topological polar surface area (TPSA) is 66.8 Å². The number of aliphatic hydroxyl groups excluding tert-OH is 1. The van der Waals surface area contributed by atoms with Crippen LogP contribution in [-0.2, 0) is 9.53 Å². The van der Waals surface area contributed by atoms with Gasteiger partial charge in [-0.15, -0.1) is 0 Å². The van der Waals surface area contributed by atoms with E-state index in [1.165, 1.54) is 0 Å². The van der Waals surface area contributed by atoms with Crippen molar-refractivity contribution in [1.82, 2.24) is 0 Å². The smallest absolute Gasteiger partial charge is 0.167 e. The molecular formula is C13H22O4. The molecule has 0 unspecified atom stereocenters. The Labute approximate surface area is 102 Å². The second-order valence-electron chi connectivity index (χ2n) is 5.26. The Bertz CT molecular complexity index is 283. The lowest BCUT2D eigenvalue weighted by molar-refractivity contribution is -0.252. The summed E-state index contributed by atoms with van der Waals surface area (Å²) in [7, 11) is 0. The fraction of sp³-hybridized carbons (Fsp3) is 0.923. The van der Waals surface area contributed by atoms with Gasteiger partial charge in [-0.2, -0.15) is 0 Å². The summed E-state index contributed by atoms with van der Waals surface area (Å²) in [5.41, 5.74) is -1.83. The highest BCUT2D eigenvalue weighted by molar-refractivity contribution is 5.89. The molecule has 0 radical (unpaired) electrons. The maximum atomic E-state index is 12.1. The van der Waals surface area contributed by atoms with Crippen molar-refractivity contribution in [3.63, 3.8) is 0 Å².